The predicted octanol–water partition coefficient (Wildman–Crippen LogP) is 2.90. The summed E-state index contributed by atoms with van der Waals surface area (Å²) in [4.78, 5) is 44.2. The molecule has 3 heterocycles. The van der Waals surface area contributed by atoms with Crippen molar-refractivity contribution in [2.45, 2.75) is 94.5 Å². The normalized spacial score (nSPS) is 28.5. The minimum absolute atomic E-state index is 0.00117. The van der Waals surface area contributed by atoms with E-state index in [-0.39, 0.29) is 30.3 Å². The number of piperidine rings is 1. The lowest BCUT2D eigenvalue weighted by Gasteiger charge is -2.40. The van der Waals surface area contributed by atoms with Gasteiger partial charge in [0.05, 0.1) is 6.54 Å². The fraction of sp³-hybridized carbons (Fsp3) is 0.690. The van der Waals surface area contributed by atoms with Crippen LogP contribution in [0.5, 0.6) is 0 Å². The molecule has 3 aliphatic heterocycles. The largest absolute Gasteiger partial charge is 0.377 e. The highest BCUT2D eigenvalue weighted by Gasteiger charge is 2.56. The van der Waals surface area contributed by atoms with Gasteiger partial charge < -0.3 is 24.6 Å². The van der Waals surface area contributed by atoms with Gasteiger partial charge in [-0.3, -0.25) is 14.4 Å². The number of benzene rings is 1. The maximum absolute atomic E-state index is 14.0. The van der Waals surface area contributed by atoms with Crippen LogP contribution in [0.4, 0.5) is 0 Å². The van der Waals surface area contributed by atoms with E-state index in [9.17, 15) is 14.4 Å². The van der Waals surface area contributed by atoms with Crippen molar-refractivity contribution in [2.24, 2.45) is 0 Å². The molecule has 202 valence electrons. The maximum atomic E-state index is 14.0. The summed E-state index contributed by atoms with van der Waals surface area (Å²) >= 11 is 0. The van der Waals surface area contributed by atoms with Crippen LogP contribution in [-0.4, -0.2) is 90.6 Å². The molecule has 3 saturated heterocycles. The number of carbonyl (C=O) groups excluding carboxylic acids is 3. The number of Topliss-reactive ketones (excluding diaryl/α,β-unsaturated/α-hetero) is 1. The summed E-state index contributed by atoms with van der Waals surface area (Å²) in [5, 5.41) is 3.14. The van der Waals surface area contributed by atoms with Crippen LogP contribution < -0.4 is 5.32 Å². The highest BCUT2D eigenvalue weighted by atomic mass is 16.5. The third-order valence-electron chi connectivity index (χ3n) is 9.08. The van der Waals surface area contributed by atoms with E-state index in [1.165, 1.54) is 5.56 Å². The van der Waals surface area contributed by atoms with Gasteiger partial charge in [0.25, 0.3) is 5.91 Å². The van der Waals surface area contributed by atoms with Crippen LogP contribution in [0.1, 0.15) is 80.6 Å². The first kappa shape index (κ1) is 26.3. The molecule has 0 bridgehead atoms. The van der Waals surface area contributed by atoms with Crippen LogP contribution in [0.15, 0.2) is 24.3 Å². The van der Waals surface area contributed by atoms with Crippen LogP contribution >= 0.6 is 0 Å². The van der Waals surface area contributed by atoms with Gasteiger partial charge in [-0.15, -0.1) is 0 Å². The molecule has 1 aromatic carbocycles. The van der Waals surface area contributed by atoms with Crippen LogP contribution in [-0.2, 0) is 19.1 Å². The smallest absolute Gasteiger partial charge is 0.252 e. The lowest BCUT2D eigenvalue weighted by molar-refractivity contribution is -0.143. The number of amides is 2. The third kappa shape index (κ3) is 5.08. The van der Waals surface area contributed by atoms with E-state index in [0.29, 0.717) is 36.9 Å². The van der Waals surface area contributed by atoms with Gasteiger partial charge >= 0.3 is 0 Å². The molecule has 3 atom stereocenters. The summed E-state index contributed by atoms with van der Waals surface area (Å²) in [6, 6.07) is 7.87. The van der Waals surface area contributed by atoms with Crippen molar-refractivity contribution >= 4 is 17.6 Å². The number of fused-ring (bicyclic) bond motifs is 1. The zero-order valence-electron chi connectivity index (χ0n) is 22.4. The van der Waals surface area contributed by atoms with E-state index in [1.54, 1.807) is 12.0 Å². The molecule has 1 N–H and O–H groups in total. The van der Waals surface area contributed by atoms with Gasteiger partial charge in [0.2, 0.25) is 5.91 Å². The second-order valence-electron chi connectivity index (χ2n) is 11.5. The monoisotopic (exact) mass is 511 g/mol. The Labute approximate surface area is 220 Å². The lowest BCUT2D eigenvalue weighted by atomic mass is 9.80. The Bertz CT molecular complexity index is 995. The van der Waals surface area contributed by atoms with Crippen molar-refractivity contribution < 1.29 is 23.9 Å². The Balaban J connectivity index is 1.29. The van der Waals surface area contributed by atoms with Crippen molar-refractivity contribution in [3.05, 3.63) is 35.4 Å². The average molecular weight is 512 g/mol. The first-order valence-corrected chi connectivity index (χ1v) is 14.0. The van der Waals surface area contributed by atoms with E-state index in [1.807, 2.05) is 12.1 Å². The van der Waals surface area contributed by atoms with E-state index in [4.69, 9.17) is 9.47 Å². The van der Waals surface area contributed by atoms with Gasteiger partial charge in [-0.1, -0.05) is 31.4 Å². The number of hydrogen-bond donors (Lipinski definition) is 1. The Morgan fingerprint density at radius 2 is 1.76 bits per heavy atom. The van der Waals surface area contributed by atoms with Gasteiger partial charge in [0.1, 0.15) is 30.4 Å². The molecule has 1 aliphatic carbocycles. The summed E-state index contributed by atoms with van der Waals surface area (Å²) < 4.78 is 11.2. The Morgan fingerprint density at radius 1 is 1.08 bits per heavy atom. The number of likely N-dealkylation sites (tertiary alicyclic amines) is 2. The van der Waals surface area contributed by atoms with Gasteiger partial charge in [-0.2, -0.15) is 0 Å². The lowest BCUT2D eigenvalue weighted by Crippen LogP contribution is -2.62. The summed E-state index contributed by atoms with van der Waals surface area (Å²) in [6.45, 7) is 7.00. The van der Waals surface area contributed by atoms with Crippen molar-refractivity contribution in [3.8, 4) is 0 Å². The third-order valence-corrected chi connectivity index (χ3v) is 9.08. The topological polar surface area (TPSA) is 88.2 Å². The number of nitrogens with zero attached hydrogens (tertiary/aromatic N) is 2. The van der Waals surface area contributed by atoms with Crippen molar-refractivity contribution in [1.29, 1.82) is 0 Å². The molecule has 0 unspecified atom stereocenters. The number of carbonyl (C=O) groups is 3. The number of hydrogen-bond acceptors (Lipinski definition) is 6. The highest BCUT2D eigenvalue weighted by Crippen LogP contribution is 2.36. The average Bonchev–Trinajstić information content (AvgIpc) is 3.49. The molecular weight excluding hydrogens is 470 g/mol. The minimum Gasteiger partial charge on any atom is -0.377 e. The molecule has 4 aliphatic rings. The zero-order chi connectivity index (χ0) is 26.2. The van der Waals surface area contributed by atoms with E-state index >= 15 is 0 Å². The Morgan fingerprint density at radius 3 is 2.38 bits per heavy atom. The molecule has 0 aromatic heterocycles. The summed E-state index contributed by atoms with van der Waals surface area (Å²) in [7, 11) is 1.58. The molecule has 0 radical (unpaired) electrons. The first-order valence-electron chi connectivity index (χ1n) is 14.0. The molecule has 2 amide bonds. The fourth-order valence-electron chi connectivity index (χ4n) is 6.80. The molecule has 5 rings (SSSR count). The van der Waals surface area contributed by atoms with Gasteiger partial charge in [-0.25, -0.2) is 0 Å². The van der Waals surface area contributed by atoms with Crippen molar-refractivity contribution in [2.75, 3.05) is 33.4 Å². The van der Waals surface area contributed by atoms with Crippen LogP contribution in [0.3, 0.4) is 0 Å². The van der Waals surface area contributed by atoms with E-state index in [2.05, 4.69) is 36.2 Å². The number of ketones is 1. The van der Waals surface area contributed by atoms with Crippen LogP contribution in [0.25, 0.3) is 0 Å². The predicted molar refractivity (Wildman–Crippen MR) is 139 cm³/mol. The van der Waals surface area contributed by atoms with Crippen LogP contribution in [0.2, 0.25) is 0 Å². The molecule has 1 aromatic rings. The number of nitrogens with one attached hydrogen (secondary N) is 1. The second kappa shape index (κ2) is 10.8. The van der Waals surface area contributed by atoms with E-state index < -0.39 is 17.7 Å². The number of rotatable bonds is 6. The summed E-state index contributed by atoms with van der Waals surface area (Å²) in [5.41, 5.74) is 0.834. The van der Waals surface area contributed by atoms with Gasteiger partial charge in [0, 0.05) is 18.7 Å². The Kier molecular flexibility index (Phi) is 7.70. The molecule has 37 heavy (non-hydrogen) atoms. The van der Waals surface area contributed by atoms with Crippen molar-refractivity contribution in [3.63, 3.8) is 0 Å². The van der Waals surface area contributed by atoms with Gasteiger partial charge in [-0.05, 0) is 76.2 Å². The molecule has 8 nitrogen and oxygen atoms in total. The standard InChI is InChI=1S/C29H41N3O5/c1-19(2)31-15-11-21(12-16-31)20-7-9-22(10-8-20)27(34)30-29(13-5-4-6-14-29)28(35)32-17-24(36-3)26-25(32)23(33)18-37-26/h7-10,19,21,24-26H,4-6,11-18H2,1-3H3,(H,30,34)/t24-,25-,26-/m1/s1. The molecule has 1 saturated carbocycles. The number of ether oxygens (including phenoxy) is 2. The highest BCUT2D eigenvalue weighted by molar-refractivity contribution is 6.01. The minimum atomic E-state index is -1.01. The zero-order valence-corrected chi connectivity index (χ0v) is 22.4. The van der Waals surface area contributed by atoms with E-state index in [0.717, 1.165) is 45.2 Å². The number of methoxy groups -OCH3 is 1. The Hall–Kier alpha value is -2.29. The quantitative estimate of drug-likeness (QED) is 0.632. The summed E-state index contributed by atoms with van der Waals surface area (Å²) in [6.07, 6.45) is 5.39. The SMILES string of the molecule is CO[C@@H]1CN(C(=O)C2(NC(=O)c3ccc(C4CCN(C(C)C)CC4)cc3)CCCCC2)[C@@H]2C(=O)CO[C@@H]21. The molecular formula is C29H41N3O5. The second-order valence-corrected chi connectivity index (χ2v) is 11.5. The fourth-order valence-corrected chi connectivity index (χ4v) is 6.80. The molecule has 8 heteroatoms. The maximum Gasteiger partial charge on any atom is 0.252 e. The first-order chi connectivity index (χ1) is 17.8. The summed E-state index contributed by atoms with van der Waals surface area (Å²) in [5.74, 6) is 0.0123. The van der Waals surface area contributed by atoms with Gasteiger partial charge in [0.15, 0.2) is 5.78 Å². The van der Waals surface area contributed by atoms with Crippen LogP contribution in [0, 0.1) is 0 Å². The molecule has 0 spiro atoms. The van der Waals surface area contributed by atoms with Crippen molar-refractivity contribution in [1.82, 2.24) is 15.1 Å². The molecule has 4 fully saturated rings.